The molecule has 104 valence electrons. The van der Waals surface area contributed by atoms with Crippen molar-refractivity contribution < 1.29 is 9.18 Å². The Morgan fingerprint density at radius 3 is 3.00 bits per heavy atom. The second-order valence-electron chi connectivity index (χ2n) is 4.88. The third kappa shape index (κ3) is 3.45. The van der Waals surface area contributed by atoms with Gasteiger partial charge in [-0.1, -0.05) is 17.7 Å². The standard InChI is InChI=1S/C14H18ClFN2O/c1-18(10-4-3-7-17-9-10)14(19)8-11-12(15)5-2-6-13(11)16/h2,5-6,10,17H,3-4,7-9H2,1H3. The maximum Gasteiger partial charge on any atom is 0.227 e. The molecule has 3 nitrogen and oxygen atoms in total. The van der Waals surface area contributed by atoms with E-state index in [0.29, 0.717) is 5.02 Å². The molecule has 1 amide bonds. The molecule has 19 heavy (non-hydrogen) atoms. The van der Waals surface area contributed by atoms with Gasteiger partial charge in [0, 0.05) is 30.2 Å². The summed E-state index contributed by atoms with van der Waals surface area (Å²) in [6, 6.07) is 4.67. The smallest absolute Gasteiger partial charge is 0.227 e. The lowest BCUT2D eigenvalue weighted by Gasteiger charge is -2.31. The molecule has 1 unspecified atom stereocenters. The molecular weight excluding hydrogens is 267 g/mol. The number of hydrogen-bond acceptors (Lipinski definition) is 2. The van der Waals surface area contributed by atoms with Crippen LogP contribution in [0.4, 0.5) is 4.39 Å². The minimum atomic E-state index is -0.420. The highest BCUT2D eigenvalue weighted by molar-refractivity contribution is 6.31. The fourth-order valence-electron chi connectivity index (χ4n) is 2.34. The molecule has 1 aliphatic rings. The number of carbonyl (C=O) groups is 1. The zero-order valence-electron chi connectivity index (χ0n) is 11.0. The number of hydrogen-bond donors (Lipinski definition) is 1. The van der Waals surface area contributed by atoms with E-state index in [1.165, 1.54) is 6.07 Å². The average Bonchev–Trinajstić information content (AvgIpc) is 2.43. The second-order valence-corrected chi connectivity index (χ2v) is 5.29. The summed E-state index contributed by atoms with van der Waals surface area (Å²) in [5.41, 5.74) is 0.282. The molecule has 0 aliphatic carbocycles. The number of rotatable bonds is 3. The van der Waals surface area contributed by atoms with Crippen LogP contribution >= 0.6 is 11.6 Å². The number of likely N-dealkylation sites (N-methyl/N-ethyl adjacent to an activating group) is 1. The normalized spacial score (nSPS) is 19.2. The van der Waals surface area contributed by atoms with Gasteiger partial charge in [-0.05, 0) is 31.5 Å². The number of nitrogens with zero attached hydrogens (tertiary/aromatic N) is 1. The predicted octanol–water partition coefficient (Wildman–Crippen LogP) is 2.23. The molecule has 1 aromatic rings. The zero-order valence-corrected chi connectivity index (χ0v) is 11.7. The third-order valence-electron chi connectivity index (χ3n) is 3.60. The van der Waals surface area contributed by atoms with Gasteiger partial charge < -0.3 is 10.2 Å². The Labute approximate surface area is 117 Å². The lowest BCUT2D eigenvalue weighted by atomic mass is 10.0. The molecule has 1 aliphatic heterocycles. The van der Waals surface area contributed by atoms with Crippen LogP contribution in [0.1, 0.15) is 18.4 Å². The van der Waals surface area contributed by atoms with E-state index >= 15 is 0 Å². The highest BCUT2D eigenvalue weighted by Crippen LogP contribution is 2.20. The van der Waals surface area contributed by atoms with Crippen LogP contribution < -0.4 is 5.32 Å². The van der Waals surface area contributed by atoms with Crippen LogP contribution in [-0.2, 0) is 11.2 Å². The molecule has 0 radical (unpaired) electrons. The van der Waals surface area contributed by atoms with Gasteiger partial charge in [-0.25, -0.2) is 4.39 Å². The number of benzene rings is 1. The minimum absolute atomic E-state index is 0.0124. The van der Waals surface area contributed by atoms with Gasteiger partial charge in [0.25, 0.3) is 0 Å². The zero-order chi connectivity index (χ0) is 13.8. The van der Waals surface area contributed by atoms with Gasteiger partial charge in [-0.2, -0.15) is 0 Å². The largest absolute Gasteiger partial charge is 0.341 e. The van der Waals surface area contributed by atoms with E-state index in [9.17, 15) is 9.18 Å². The van der Waals surface area contributed by atoms with E-state index in [0.717, 1.165) is 25.9 Å². The highest BCUT2D eigenvalue weighted by atomic mass is 35.5. The van der Waals surface area contributed by atoms with E-state index in [2.05, 4.69) is 5.32 Å². The van der Waals surface area contributed by atoms with Gasteiger partial charge in [-0.3, -0.25) is 4.79 Å². The summed E-state index contributed by atoms with van der Waals surface area (Å²) in [4.78, 5) is 13.9. The number of carbonyl (C=O) groups excluding carboxylic acids is 1. The number of halogens is 2. The van der Waals surface area contributed by atoms with Crippen LogP contribution in [0.5, 0.6) is 0 Å². The maximum atomic E-state index is 13.6. The lowest BCUT2D eigenvalue weighted by molar-refractivity contribution is -0.131. The lowest BCUT2D eigenvalue weighted by Crippen LogP contribution is -2.47. The Morgan fingerprint density at radius 1 is 1.58 bits per heavy atom. The molecule has 1 aromatic carbocycles. The van der Waals surface area contributed by atoms with Crippen molar-refractivity contribution >= 4 is 17.5 Å². The van der Waals surface area contributed by atoms with E-state index in [1.54, 1.807) is 24.1 Å². The van der Waals surface area contributed by atoms with Crippen molar-refractivity contribution in [3.63, 3.8) is 0 Å². The first-order valence-corrected chi connectivity index (χ1v) is 6.86. The molecule has 1 fully saturated rings. The van der Waals surface area contributed by atoms with E-state index in [-0.39, 0.29) is 23.9 Å². The van der Waals surface area contributed by atoms with Gasteiger partial charge in [0.2, 0.25) is 5.91 Å². The fourth-order valence-corrected chi connectivity index (χ4v) is 2.57. The Bertz CT molecular complexity index is 441. The summed E-state index contributed by atoms with van der Waals surface area (Å²) in [5, 5.41) is 3.57. The third-order valence-corrected chi connectivity index (χ3v) is 3.96. The first-order chi connectivity index (χ1) is 9.09. The van der Waals surface area contributed by atoms with Crippen molar-refractivity contribution in [3.8, 4) is 0 Å². The summed E-state index contributed by atoms with van der Waals surface area (Å²) in [7, 11) is 1.77. The van der Waals surface area contributed by atoms with Gasteiger partial charge >= 0.3 is 0 Å². The van der Waals surface area contributed by atoms with Gasteiger partial charge in [0.05, 0.1) is 6.42 Å². The maximum absolute atomic E-state index is 13.6. The molecule has 0 aromatic heterocycles. The summed E-state index contributed by atoms with van der Waals surface area (Å²) in [6.45, 7) is 1.80. The molecule has 0 saturated carbocycles. The van der Waals surface area contributed by atoms with Crippen LogP contribution in [0.25, 0.3) is 0 Å². The number of piperidine rings is 1. The quantitative estimate of drug-likeness (QED) is 0.923. The van der Waals surface area contributed by atoms with Crippen LogP contribution in [0, 0.1) is 5.82 Å². The Balaban J connectivity index is 2.04. The summed E-state index contributed by atoms with van der Waals surface area (Å²) < 4.78 is 13.6. The van der Waals surface area contributed by atoms with Gasteiger partial charge in [0.15, 0.2) is 0 Å². The molecular formula is C14H18ClFN2O. The SMILES string of the molecule is CN(C(=O)Cc1c(F)cccc1Cl)C1CCCNC1. The van der Waals surface area contributed by atoms with E-state index in [1.807, 2.05) is 0 Å². The number of amides is 1. The molecule has 1 saturated heterocycles. The van der Waals surface area contributed by atoms with Crippen molar-refractivity contribution in [2.75, 3.05) is 20.1 Å². The topological polar surface area (TPSA) is 32.3 Å². The van der Waals surface area contributed by atoms with Gasteiger partial charge in [0.1, 0.15) is 5.82 Å². The van der Waals surface area contributed by atoms with Crippen molar-refractivity contribution in [1.29, 1.82) is 0 Å². The monoisotopic (exact) mass is 284 g/mol. The van der Waals surface area contributed by atoms with Crippen LogP contribution in [0.3, 0.4) is 0 Å². The Morgan fingerprint density at radius 2 is 2.37 bits per heavy atom. The molecule has 5 heteroatoms. The molecule has 0 spiro atoms. The Hall–Kier alpha value is -1.13. The fraction of sp³-hybridized carbons (Fsp3) is 0.500. The van der Waals surface area contributed by atoms with Crippen LogP contribution in [-0.4, -0.2) is 37.0 Å². The minimum Gasteiger partial charge on any atom is -0.341 e. The molecule has 1 N–H and O–H groups in total. The van der Waals surface area contributed by atoms with E-state index in [4.69, 9.17) is 11.6 Å². The van der Waals surface area contributed by atoms with Crippen LogP contribution in [0.2, 0.25) is 5.02 Å². The second kappa shape index (κ2) is 6.35. The van der Waals surface area contributed by atoms with E-state index < -0.39 is 5.82 Å². The molecule has 1 heterocycles. The summed E-state index contributed by atoms with van der Waals surface area (Å²) in [5.74, 6) is -0.517. The Kier molecular flexibility index (Phi) is 4.77. The predicted molar refractivity (Wildman–Crippen MR) is 73.8 cm³/mol. The first kappa shape index (κ1) is 14.3. The van der Waals surface area contributed by atoms with Crippen molar-refractivity contribution in [2.45, 2.75) is 25.3 Å². The molecule has 2 rings (SSSR count). The summed E-state index contributed by atoms with van der Waals surface area (Å²) in [6.07, 6.45) is 2.06. The van der Waals surface area contributed by atoms with Gasteiger partial charge in [-0.15, -0.1) is 0 Å². The van der Waals surface area contributed by atoms with Crippen LogP contribution in [0.15, 0.2) is 18.2 Å². The number of nitrogens with one attached hydrogen (secondary N) is 1. The molecule has 0 bridgehead atoms. The van der Waals surface area contributed by atoms with Crippen molar-refractivity contribution in [1.82, 2.24) is 10.2 Å². The van der Waals surface area contributed by atoms with Crippen molar-refractivity contribution in [2.24, 2.45) is 0 Å². The highest BCUT2D eigenvalue weighted by Gasteiger charge is 2.23. The molecule has 1 atom stereocenters. The van der Waals surface area contributed by atoms with Crippen molar-refractivity contribution in [3.05, 3.63) is 34.6 Å². The average molecular weight is 285 g/mol. The first-order valence-electron chi connectivity index (χ1n) is 6.49. The summed E-state index contributed by atoms with van der Waals surface area (Å²) >= 11 is 5.94.